The molecule has 0 saturated carbocycles. The highest BCUT2D eigenvalue weighted by atomic mass is 32.2. The van der Waals surface area contributed by atoms with Crippen molar-refractivity contribution in [1.29, 1.82) is 0 Å². The van der Waals surface area contributed by atoms with Crippen LogP contribution in [0.2, 0.25) is 0 Å². The van der Waals surface area contributed by atoms with Gasteiger partial charge in [0.1, 0.15) is 5.75 Å². The summed E-state index contributed by atoms with van der Waals surface area (Å²) in [4.78, 5) is 12.2. The van der Waals surface area contributed by atoms with Crippen LogP contribution in [0.1, 0.15) is 12.5 Å². The van der Waals surface area contributed by atoms with E-state index in [4.69, 9.17) is 9.15 Å². The summed E-state index contributed by atoms with van der Waals surface area (Å²) < 4.78 is 11.1. The summed E-state index contributed by atoms with van der Waals surface area (Å²) in [5.41, 5.74) is 2.66. The van der Waals surface area contributed by atoms with Gasteiger partial charge in [0.05, 0.1) is 18.0 Å². The minimum absolute atomic E-state index is 0.163. The van der Waals surface area contributed by atoms with E-state index in [9.17, 15) is 4.79 Å². The third-order valence-electron chi connectivity index (χ3n) is 3.49. The zero-order valence-corrected chi connectivity index (χ0v) is 15.4. The van der Waals surface area contributed by atoms with Crippen LogP contribution < -0.4 is 10.1 Å². The summed E-state index contributed by atoms with van der Waals surface area (Å²) in [5.74, 6) is 1.08. The predicted molar refractivity (Wildman–Crippen MR) is 101 cm³/mol. The molecule has 0 aliphatic heterocycles. The molecule has 0 unspecified atom stereocenters. The summed E-state index contributed by atoms with van der Waals surface area (Å²) in [5, 5.41) is 11.2. The van der Waals surface area contributed by atoms with E-state index in [2.05, 4.69) is 15.5 Å². The quantitative estimate of drug-likeness (QED) is 0.630. The first-order valence-electron chi connectivity index (χ1n) is 8.20. The average Bonchev–Trinajstić information content (AvgIpc) is 3.11. The number of benzene rings is 2. The zero-order chi connectivity index (χ0) is 18.4. The van der Waals surface area contributed by atoms with Crippen molar-refractivity contribution in [3.63, 3.8) is 0 Å². The fourth-order valence-electron chi connectivity index (χ4n) is 2.25. The van der Waals surface area contributed by atoms with Crippen LogP contribution in [-0.4, -0.2) is 28.5 Å². The number of aromatic nitrogens is 2. The Kier molecular flexibility index (Phi) is 5.91. The summed E-state index contributed by atoms with van der Waals surface area (Å²) in [6.45, 7) is 4.45. The number of nitrogens with one attached hydrogen (secondary N) is 1. The second-order valence-electron chi connectivity index (χ2n) is 5.51. The topological polar surface area (TPSA) is 77.2 Å². The number of hydrogen-bond donors (Lipinski definition) is 1. The Bertz CT molecular complexity index is 878. The molecule has 0 bridgehead atoms. The summed E-state index contributed by atoms with van der Waals surface area (Å²) in [6, 6.07) is 15.1. The molecule has 0 saturated heterocycles. The number of hydrogen-bond acceptors (Lipinski definition) is 6. The molecule has 1 N–H and O–H groups in total. The van der Waals surface area contributed by atoms with E-state index >= 15 is 0 Å². The molecule has 3 aromatic rings. The van der Waals surface area contributed by atoms with Crippen LogP contribution in [0.5, 0.6) is 5.75 Å². The van der Waals surface area contributed by atoms with Gasteiger partial charge in [-0.1, -0.05) is 41.6 Å². The zero-order valence-electron chi connectivity index (χ0n) is 14.6. The van der Waals surface area contributed by atoms with Crippen LogP contribution in [0.15, 0.2) is 58.2 Å². The number of rotatable bonds is 7. The van der Waals surface area contributed by atoms with Gasteiger partial charge in [-0.15, -0.1) is 10.2 Å². The van der Waals surface area contributed by atoms with Gasteiger partial charge < -0.3 is 14.5 Å². The number of ether oxygens (including phenoxy) is 1. The van der Waals surface area contributed by atoms with Gasteiger partial charge in [-0.25, -0.2) is 0 Å². The molecular formula is C19H19N3O3S. The number of amides is 1. The van der Waals surface area contributed by atoms with E-state index in [-0.39, 0.29) is 11.7 Å². The highest BCUT2D eigenvalue weighted by molar-refractivity contribution is 7.99. The molecule has 0 aliphatic carbocycles. The standard InChI is InChI=1S/C19H19N3O3S/c1-3-24-16-7-5-4-6-15(16)20-17(23)12-26-19-22-21-18(25-19)14-10-8-13(2)9-11-14/h4-11H,3,12H2,1-2H3,(H,20,23). The molecule has 2 aromatic carbocycles. The van der Waals surface area contributed by atoms with Crippen molar-refractivity contribution in [1.82, 2.24) is 10.2 Å². The van der Waals surface area contributed by atoms with E-state index in [0.717, 1.165) is 11.1 Å². The fraction of sp³-hybridized carbons (Fsp3) is 0.211. The Morgan fingerprint density at radius 2 is 1.92 bits per heavy atom. The molecule has 7 heteroatoms. The van der Waals surface area contributed by atoms with Gasteiger partial charge in [0.25, 0.3) is 5.22 Å². The smallest absolute Gasteiger partial charge is 0.277 e. The number of carbonyl (C=O) groups excluding carboxylic acids is 1. The lowest BCUT2D eigenvalue weighted by Crippen LogP contribution is -2.14. The van der Waals surface area contributed by atoms with Crippen molar-refractivity contribution < 1.29 is 13.9 Å². The number of carbonyl (C=O) groups is 1. The molecule has 0 radical (unpaired) electrons. The number of thioether (sulfide) groups is 1. The molecule has 1 amide bonds. The second kappa shape index (κ2) is 8.53. The van der Waals surface area contributed by atoms with Crippen LogP contribution >= 0.6 is 11.8 Å². The number of para-hydroxylation sites is 2. The SMILES string of the molecule is CCOc1ccccc1NC(=O)CSc1nnc(-c2ccc(C)cc2)o1. The van der Waals surface area contributed by atoms with E-state index < -0.39 is 0 Å². The number of anilines is 1. The van der Waals surface area contributed by atoms with Crippen molar-refractivity contribution >= 4 is 23.4 Å². The van der Waals surface area contributed by atoms with Crippen molar-refractivity contribution in [2.75, 3.05) is 17.7 Å². The minimum atomic E-state index is -0.169. The first kappa shape index (κ1) is 18.0. The Morgan fingerprint density at radius 3 is 2.69 bits per heavy atom. The number of nitrogens with zero attached hydrogens (tertiary/aromatic N) is 2. The van der Waals surface area contributed by atoms with E-state index in [1.807, 2.05) is 56.3 Å². The molecule has 0 spiro atoms. The first-order chi connectivity index (χ1) is 12.7. The summed E-state index contributed by atoms with van der Waals surface area (Å²) >= 11 is 1.19. The second-order valence-corrected chi connectivity index (χ2v) is 6.43. The Morgan fingerprint density at radius 1 is 1.15 bits per heavy atom. The van der Waals surface area contributed by atoms with Gasteiger partial charge in [-0.05, 0) is 38.1 Å². The maximum atomic E-state index is 12.2. The van der Waals surface area contributed by atoms with E-state index in [1.165, 1.54) is 11.8 Å². The van der Waals surface area contributed by atoms with Crippen LogP contribution in [0, 0.1) is 6.92 Å². The molecule has 1 aromatic heterocycles. The monoisotopic (exact) mass is 369 g/mol. The lowest BCUT2D eigenvalue weighted by atomic mass is 10.1. The molecule has 0 fully saturated rings. The maximum Gasteiger partial charge on any atom is 0.277 e. The Labute approximate surface area is 156 Å². The lowest BCUT2D eigenvalue weighted by molar-refractivity contribution is -0.113. The Balaban J connectivity index is 1.58. The summed E-state index contributed by atoms with van der Waals surface area (Å²) in [7, 11) is 0. The fourth-order valence-corrected chi connectivity index (χ4v) is 2.81. The number of aryl methyl sites for hydroxylation is 1. The van der Waals surface area contributed by atoms with Crippen molar-refractivity contribution in [3.05, 3.63) is 54.1 Å². The van der Waals surface area contributed by atoms with Gasteiger partial charge in [-0.3, -0.25) is 4.79 Å². The van der Waals surface area contributed by atoms with E-state index in [1.54, 1.807) is 6.07 Å². The van der Waals surface area contributed by atoms with Gasteiger partial charge in [0, 0.05) is 5.56 Å². The van der Waals surface area contributed by atoms with Gasteiger partial charge in [0.15, 0.2) is 0 Å². The van der Waals surface area contributed by atoms with Crippen LogP contribution in [0.25, 0.3) is 11.5 Å². The molecule has 3 rings (SSSR count). The highest BCUT2D eigenvalue weighted by Gasteiger charge is 2.12. The van der Waals surface area contributed by atoms with Crippen LogP contribution in [-0.2, 0) is 4.79 Å². The third-order valence-corrected chi connectivity index (χ3v) is 4.31. The van der Waals surface area contributed by atoms with Gasteiger partial charge >= 0.3 is 0 Å². The first-order valence-corrected chi connectivity index (χ1v) is 9.19. The van der Waals surface area contributed by atoms with Gasteiger partial charge in [0.2, 0.25) is 11.8 Å². The lowest BCUT2D eigenvalue weighted by Gasteiger charge is -2.10. The average molecular weight is 369 g/mol. The molecule has 6 nitrogen and oxygen atoms in total. The molecule has 134 valence electrons. The van der Waals surface area contributed by atoms with Crippen molar-refractivity contribution in [3.8, 4) is 17.2 Å². The Hall–Kier alpha value is -2.80. The molecule has 1 heterocycles. The molecular weight excluding hydrogens is 350 g/mol. The van der Waals surface area contributed by atoms with E-state index in [0.29, 0.717) is 29.2 Å². The molecule has 0 atom stereocenters. The highest BCUT2D eigenvalue weighted by Crippen LogP contribution is 2.26. The maximum absolute atomic E-state index is 12.2. The minimum Gasteiger partial charge on any atom is -0.492 e. The van der Waals surface area contributed by atoms with Crippen molar-refractivity contribution in [2.24, 2.45) is 0 Å². The normalized spacial score (nSPS) is 10.5. The summed E-state index contributed by atoms with van der Waals surface area (Å²) in [6.07, 6.45) is 0. The largest absolute Gasteiger partial charge is 0.492 e. The van der Waals surface area contributed by atoms with Crippen LogP contribution in [0.3, 0.4) is 0 Å². The molecule has 26 heavy (non-hydrogen) atoms. The third kappa shape index (κ3) is 4.64. The van der Waals surface area contributed by atoms with Crippen molar-refractivity contribution in [2.45, 2.75) is 19.1 Å². The van der Waals surface area contributed by atoms with Crippen LogP contribution in [0.4, 0.5) is 5.69 Å². The predicted octanol–water partition coefficient (Wildman–Crippen LogP) is 4.17. The van der Waals surface area contributed by atoms with Gasteiger partial charge in [-0.2, -0.15) is 0 Å². The molecule has 0 aliphatic rings.